The van der Waals surface area contributed by atoms with Crippen LogP contribution in [0, 0.1) is 0 Å². The van der Waals surface area contributed by atoms with Crippen molar-refractivity contribution in [1.29, 1.82) is 0 Å². The first-order valence-corrected chi connectivity index (χ1v) is 8.99. The van der Waals surface area contributed by atoms with Gasteiger partial charge in [-0.15, -0.1) is 0 Å². The van der Waals surface area contributed by atoms with Gasteiger partial charge >= 0.3 is 0 Å². The molecule has 0 radical (unpaired) electrons. The van der Waals surface area contributed by atoms with Crippen LogP contribution in [0.25, 0.3) is 17.2 Å². The van der Waals surface area contributed by atoms with Crippen LogP contribution in [-0.4, -0.2) is 22.9 Å². The molecular formula is C19H22N4O2. The van der Waals surface area contributed by atoms with Crippen molar-refractivity contribution in [3.63, 3.8) is 0 Å². The summed E-state index contributed by atoms with van der Waals surface area (Å²) in [6.45, 7) is 0. The van der Waals surface area contributed by atoms with E-state index in [1.54, 1.807) is 6.08 Å². The minimum Gasteiger partial charge on any atom is -0.443 e. The average Bonchev–Trinajstić information content (AvgIpc) is 3.16. The summed E-state index contributed by atoms with van der Waals surface area (Å²) in [5.74, 6) is 0.397. The van der Waals surface area contributed by atoms with Crippen molar-refractivity contribution in [3.05, 3.63) is 35.9 Å². The van der Waals surface area contributed by atoms with E-state index in [2.05, 4.69) is 20.6 Å². The molecule has 2 aromatic rings. The molecule has 1 fully saturated rings. The largest absolute Gasteiger partial charge is 0.443 e. The van der Waals surface area contributed by atoms with Gasteiger partial charge in [-0.25, -0.2) is 9.98 Å². The van der Waals surface area contributed by atoms with Gasteiger partial charge in [0.05, 0.1) is 0 Å². The van der Waals surface area contributed by atoms with E-state index in [0.717, 1.165) is 23.9 Å². The molecule has 2 aliphatic rings. The maximum Gasteiger partial charge on any atom is 0.276 e. The molecule has 0 saturated heterocycles. The minimum absolute atomic E-state index is 0.175. The van der Waals surface area contributed by atoms with Gasteiger partial charge in [-0.2, -0.15) is 0 Å². The predicted molar refractivity (Wildman–Crippen MR) is 96.8 cm³/mol. The van der Waals surface area contributed by atoms with Gasteiger partial charge in [0.15, 0.2) is 12.0 Å². The van der Waals surface area contributed by atoms with E-state index in [1.165, 1.54) is 38.5 Å². The lowest BCUT2D eigenvalue weighted by Gasteiger charge is -2.21. The second-order valence-corrected chi connectivity index (χ2v) is 6.71. The molecule has 0 bridgehead atoms. The van der Waals surface area contributed by atoms with Gasteiger partial charge in [0.2, 0.25) is 5.96 Å². The Morgan fingerprint density at radius 3 is 2.80 bits per heavy atom. The zero-order chi connectivity index (χ0) is 17.1. The van der Waals surface area contributed by atoms with E-state index >= 15 is 0 Å². The molecule has 0 unspecified atom stereocenters. The molecule has 130 valence electrons. The van der Waals surface area contributed by atoms with E-state index < -0.39 is 0 Å². The van der Waals surface area contributed by atoms with Crippen molar-refractivity contribution >= 4 is 29.0 Å². The Kier molecular flexibility index (Phi) is 4.50. The molecule has 0 atom stereocenters. The summed E-state index contributed by atoms with van der Waals surface area (Å²) in [6.07, 6.45) is 11.9. The lowest BCUT2D eigenvalue weighted by Crippen LogP contribution is -2.42. The van der Waals surface area contributed by atoms with E-state index in [-0.39, 0.29) is 5.91 Å². The van der Waals surface area contributed by atoms with Crippen molar-refractivity contribution in [2.75, 3.05) is 0 Å². The minimum atomic E-state index is -0.175. The number of hydrogen-bond donors (Lipinski definition) is 2. The van der Waals surface area contributed by atoms with Crippen LogP contribution in [0.15, 0.2) is 39.7 Å². The van der Waals surface area contributed by atoms with Crippen LogP contribution in [0.4, 0.5) is 0 Å². The molecule has 1 amide bonds. The van der Waals surface area contributed by atoms with Crippen LogP contribution in [0.1, 0.15) is 50.5 Å². The van der Waals surface area contributed by atoms with Crippen LogP contribution in [0.5, 0.6) is 0 Å². The maximum absolute atomic E-state index is 12.2. The normalized spacial score (nSPS) is 21.0. The zero-order valence-electron chi connectivity index (χ0n) is 14.1. The van der Waals surface area contributed by atoms with E-state index in [0.29, 0.717) is 23.3 Å². The maximum atomic E-state index is 12.2. The molecule has 6 nitrogen and oxygen atoms in total. The number of aromatic nitrogens is 1. The summed E-state index contributed by atoms with van der Waals surface area (Å²) >= 11 is 0. The summed E-state index contributed by atoms with van der Waals surface area (Å²) in [5.41, 5.74) is 2.77. The van der Waals surface area contributed by atoms with E-state index in [1.807, 2.05) is 18.2 Å². The second-order valence-electron chi connectivity index (χ2n) is 6.71. The number of hydrogen-bond acceptors (Lipinski definition) is 5. The molecule has 1 saturated carbocycles. The van der Waals surface area contributed by atoms with Gasteiger partial charge in [-0.1, -0.05) is 38.2 Å². The van der Waals surface area contributed by atoms with Gasteiger partial charge < -0.3 is 9.73 Å². The second kappa shape index (κ2) is 7.09. The highest BCUT2D eigenvalue weighted by Crippen LogP contribution is 2.19. The van der Waals surface area contributed by atoms with Crippen LogP contribution in [0.3, 0.4) is 0 Å². The highest BCUT2D eigenvalue weighted by molar-refractivity contribution is 6.13. The fourth-order valence-electron chi connectivity index (χ4n) is 3.45. The number of aliphatic imine (C=N–C) groups is 1. The van der Waals surface area contributed by atoms with Crippen LogP contribution in [-0.2, 0) is 4.79 Å². The third-order valence-electron chi connectivity index (χ3n) is 4.80. The Labute approximate surface area is 146 Å². The quantitative estimate of drug-likeness (QED) is 0.823. The molecule has 2 N–H and O–H groups in total. The van der Waals surface area contributed by atoms with E-state index in [9.17, 15) is 4.79 Å². The Bertz CT molecular complexity index is 829. The van der Waals surface area contributed by atoms with Crippen LogP contribution in [0.2, 0.25) is 0 Å². The number of nitrogens with zero attached hydrogens (tertiary/aromatic N) is 2. The number of benzene rings is 1. The molecule has 1 aromatic heterocycles. The van der Waals surface area contributed by atoms with Gasteiger partial charge in [0.1, 0.15) is 11.2 Å². The number of amides is 1. The Morgan fingerprint density at radius 1 is 1.16 bits per heavy atom. The summed E-state index contributed by atoms with van der Waals surface area (Å²) in [7, 11) is 0. The molecule has 1 aliphatic heterocycles. The number of carbonyl (C=O) groups is 1. The molecule has 1 aliphatic carbocycles. The number of fused-ring (bicyclic) bond motifs is 1. The first-order valence-electron chi connectivity index (χ1n) is 8.99. The van der Waals surface area contributed by atoms with Crippen molar-refractivity contribution in [2.24, 2.45) is 4.99 Å². The van der Waals surface area contributed by atoms with Gasteiger partial charge in [0.25, 0.3) is 5.91 Å². The van der Waals surface area contributed by atoms with Crippen molar-refractivity contribution in [3.8, 4) is 0 Å². The number of guanidine groups is 1. The van der Waals surface area contributed by atoms with Crippen molar-refractivity contribution in [1.82, 2.24) is 15.6 Å². The number of oxazole rings is 1. The number of rotatable bonds is 2. The van der Waals surface area contributed by atoms with Gasteiger partial charge in [-0.05, 0) is 36.6 Å². The third kappa shape index (κ3) is 3.73. The molecule has 1 aromatic carbocycles. The first-order chi connectivity index (χ1) is 12.3. The van der Waals surface area contributed by atoms with Gasteiger partial charge in [-0.3, -0.25) is 10.1 Å². The predicted octanol–water partition coefficient (Wildman–Crippen LogP) is 3.36. The van der Waals surface area contributed by atoms with Crippen LogP contribution < -0.4 is 10.6 Å². The fraction of sp³-hybridized carbons (Fsp3) is 0.421. The molecular weight excluding hydrogens is 316 g/mol. The lowest BCUT2D eigenvalue weighted by atomic mass is 9.97. The summed E-state index contributed by atoms with van der Waals surface area (Å²) < 4.78 is 5.30. The summed E-state index contributed by atoms with van der Waals surface area (Å²) in [5, 5.41) is 6.24. The fourth-order valence-corrected chi connectivity index (χ4v) is 3.45. The average molecular weight is 338 g/mol. The number of nitrogens with one attached hydrogen (secondary N) is 2. The Morgan fingerprint density at radius 2 is 1.96 bits per heavy atom. The SMILES string of the molecule is O=C1NC(NC2CCCCCCC2)=N/C1=C\c1ccc2ncoc2c1. The van der Waals surface area contributed by atoms with E-state index in [4.69, 9.17) is 4.42 Å². The highest BCUT2D eigenvalue weighted by Gasteiger charge is 2.22. The van der Waals surface area contributed by atoms with Crippen LogP contribution >= 0.6 is 0 Å². The standard InChI is InChI=1S/C19H22N4O2/c24-18-16(10-13-8-9-15-17(11-13)25-12-20-15)22-19(23-18)21-14-6-4-2-1-3-5-7-14/h8-12,14H,1-7H2,(H2,21,22,23,24)/b16-10-. The molecule has 25 heavy (non-hydrogen) atoms. The van der Waals surface area contributed by atoms with Crippen molar-refractivity contribution < 1.29 is 9.21 Å². The highest BCUT2D eigenvalue weighted by atomic mass is 16.3. The zero-order valence-corrected chi connectivity index (χ0v) is 14.1. The number of carbonyl (C=O) groups excluding carboxylic acids is 1. The third-order valence-corrected chi connectivity index (χ3v) is 4.80. The van der Waals surface area contributed by atoms with Crippen molar-refractivity contribution in [2.45, 2.75) is 51.0 Å². The first kappa shape index (κ1) is 15.9. The Balaban J connectivity index is 1.48. The molecule has 4 rings (SSSR count). The summed E-state index contributed by atoms with van der Waals surface area (Å²) in [6, 6.07) is 6.03. The lowest BCUT2D eigenvalue weighted by molar-refractivity contribution is -0.115. The topological polar surface area (TPSA) is 79.5 Å². The monoisotopic (exact) mass is 338 g/mol. The summed E-state index contributed by atoms with van der Waals surface area (Å²) in [4.78, 5) is 20.7. The molecule has 0 spiro atoms. The van der Waals surface area contributed by atoms with Gasteiger partial charge in [0, 0.05) is 6.04 Å². The molecule has 2 heterocycles. The molecule has 6 heteroatoms. The Hall–Kier alpha value is -2.63. The smallest absolute Gasteiger partial charge is 0.276 e.